The molecule has 0 saturated heterocycles. The second-order valence-electron chi connectivity index (χ2n) is 14.3. The number of nitrogens with one attached hydrogen (secondary N) is 9. The lowest BCUT2D eigenvalue weighted by Crippen LogP contribution is -2.55. The van der Waals surface area contributed by atoms with E-state index in [9.17, 15) is 29.1 Å². The molecule has 0 saturated carbocycles. The van der Waals surface area contributed by atoms with Crippen LogP contribution in [-0.2, 0) is 12.8 Å². The van der Waals surface area contributed by atoms with Gasteiger partial charge in [0.1, 0.15) is 5.75 Å². The Morgan fingerprint density at radius 2 is 1.15 bits per heavy atom. The van der Waals surface area contributed by atoms with E-state index in [-0.39, 0.29) is 55.8 Å². The summed E-state index contributed by atoms with van der Waals surface area (Å²) in [5.41, 5.74) is 12.8. The van der Waals surface area contributed by atoms with Crippen LogP contribution in [0.1, 0.15) is 58.1 Å². The molecule has 0 fully saturated rings. The van der Waals surface area contributed by atoms with Gasteiger partial charge in [0.2, 0.25) is 0 Å². The first kappa shape index (κ1) is 45.7. The van der Waals surface area contributed by atoms with E-state index in [0.29, 0.717) is 25.9 Å². The Labute approximate surface area is 324 Å². The molecule has 0 unspecified atom stereocenters. The molecule has 0 aliphatic rings. The van der Waals surface area contributed by atoms with Crippen molar-refractivity contribution in [1.82, 2.24) is 47.9 Å². The van der Waals surface area contributed by atoms with Crippen LogP contribution in [0.5, 0.6) is 5.75 Å². The molecule has 2 aromatic carbocycles. The van der Waals surface area contributed by atoms with Crippen molar-refractivity contribution in [3.63, 3.8) is 0 Å². The maximum absolute atomic E-state index is 13.1. The molecule has 0 bridgehead atoms. The van der Waals surface area contributed by atoms with Gasteiger partial charge in [0, 0.05) is 44.8 Å². The van der Waals surface area contributed by atoms with Gasteiger partial charge in [-0.2, -0.15) is 0 Å². The highest BCUT2D eigenvalue weighted by atomic mass is 16.3. The highest BCUT2D eigenvalue weighted by Gasteiger charge is 2.21. The Hall–Kier alpha value is -5.45. The lowest BCUT2D eigenvalue weighted by Gasteiger charge is -2.26. The largest absolute Gasteiger partial charge is 0.508 e. The van der Waals surface area contributed by atoms with Crippen molar-refractivity contribution < 1.29 is 29.1 Å². The molecule has 0 aliphatic carbocycles. The van der Waals surface area contributed by atoms with Gasteiger partial charge in [0.25, 0.3) is 0 Å². The van der Waals surface area contributed by atoms with E-state index < -0.39 is 42.2 Å². The van der Waals surface area contributed by atoms with E-state index in [4.69, 9.17) is 11.5 Å². The van der Waals surface area contributed by atoms with Crippen LogP contribution in [0.3, 0.4) is 0 Å². The average molecular weight is 770 g/mol. The molecule has 17 nitrogen and oxygen atoms in total. The third-order valence-corrected chi connectivity index (χ3v) is 8.72. The van der Waals surface area contributed by atoms with Gasteiger partial charge in [0.05, 0.1) is 12.1 Å². The van der Waals surface area contributed by atoms with E-state index in [2.05, 4.69) is 66.9 Å². The van der Waals surface area contributed by atoms with Gasteiger partial charge in [0.15, 0.2) is 0 Å². The number of carbonyl (C=O) groups excluding carboxylic acids is 5. The zero-order valence-corrected chi connectivity index (χ0v) is 32.6. The average Bonchev–Trinajstić information content (AvgIpc) is 3.14. The quantitative estimate of drug-likeness (QED) is 0.0747. The summed E-state index contributed by atoms with van der Waals surface area (Å²) in [5, 5.41) is 34.9. The van der Waals surface area contributed by atoms with Crippen LogP contribution >= 0.6 is 0 Å². The van der Waals surface area contributed by atoms with Gasteiger partial charge in [-0.25, -0.2) is 24.0 Å². The van der Waals surface area contributed by atoms with Crippen molar-refractivity contribution in [3.8, 4) is 5.75 Å². The molecule has 14 N–H and O–H groups in total. The van der Waals surface area contributed by atoms with Gasteiger partial charge in [-0.05, 0) is 74.2 Å². The van der Waals surface area contributed by atoms with Crippen LogP contribution in [0.4, 0.5) is 24.0 Å². The van der Waals surface area contributed by atoms with Crippen molar-refractivity contribution in [2.45, 2.75) is 84.0 Å². The van der Waals surface area contributed by atoms with Crippen molar-refractivity contribution in [3.05, 3.63) is 65.7 Å². The van der Waals surface area contributed by atoms with Crippen LogP contribution < -0.4 is 59.3 Å². The molecule has 0 radical (unpaired) electrons. The number of unbranched alkanes of at least 4 members (excludes halogenated alkanes) is 1. The summed E-state index contributed by atoms with van der Waals surface area (Å²) in [4.78, 5) is 62.4. The lowest BCUT2D eigenvalue weighted by molar-refractivity contribution is 0.222. The topological polar surface area (TPSA) is 266 Å². The molecule has 10 amide bonds. The number of urea groups is 5. The van der Waals surface area contributed by atoms with E-state index >= 15 is 0 Å². The van der Waals surface area contributed by atoms with E-state index in [1.54, 1.807) is 19.1 Å². The third kappa shape index (κ3) is 21.1. The minimum absolute atomic E-state index is 0.0441. The second-order valence-corrected chi connectivity index (χ2v) is 14.3. The number of hydrogen-bond acceptors (Lipinski definition) is 7. The van der Waals surface area contributed by atoms with E-state index in [0.717, 1.165) is 24.8 Å². The fourth-order valence-corrected chi connectivity index (χ4v) is 5.57. The fourth-order valence-electron chi connectivity index (χ4n) is 5.57. The summed E-state index contributed by atoms with van der Waals surface area (Å²) < 4.78 is 0. The van der Waals surface area contributed by atoms with Gasteiger partial charge in [-0.3, -0.25) is 0 Å². The summed E-state index contributed by atoms with van der Waals surface area (Å²) in [6, 6.07) is 12.4. The molecule has 5 atom stereocenters. The standard InChI is InChI=1S/C38H63N11O6/c1-25(2)33(49-38(55)43-22-30(12-8-9-17-39)47-36(53)42-20-26(3)18-28-10-6-5-7-11-28)24-45-37(54)48-31(19-29-13-15-32(50)16-14-29)23-44-35(52)46-27(4)21-41-34(40)51/h5-7,10-11,13-16,25-27,30-31,33,50H,8-9,12,17-24,39H2,1-4H3,(H3,40,41,51)(H2,42,47,53)(H2,43,49,55)(H2,44,46,52)(H2,45,48,54)/t26-,27-,30-,31-,33+/m0/s1. The van der Waals surface area contributed by atoms with Crippen molar-refractivity contribution >= 4 is 30.2 Å². The first-order valence-corrected chi connectivity index (χ1v) is 19.0. The van der Waals surface area contributed by atoms with Crippen molar-refractivity contribution in [1.29, 1.82) is 0 Å². The molecule has 0 spiro atoms. The number of carbonyl (C=O) groups is 5. The number of aromatic hydroxyl groups is 1. The number of nitrogens with two attached hydrogens (primary N) is 2. The molecule has 55 heavy (non-hydrogen) atoms. The first-order chi connectivity index (χ1) is 26.2. The zero-order chi connectivity index (χ0) is 40.6. The molecule has 2 rings (SSSR count). The lowest BCUT2D eigenvalue weighted by atomic mass is 10.0. The van der Waals surface area contributed by atoms with Crippen LogP contribution in [0.25, 0.3) is 0 Å². The van der Waals surface area contributed by atoms with Crippen molar-refractivity contribution in [2.75, 3.05) is 39.3 Å². The number of amides is 10. The summed E-state index contributed by atoms with van der Waals surface area (Å²) in [6.45, 7) is 9.16. The summed E-state index contributed by atoms with van der Waals surface area (Å²) >= 11 is 0. The normalized spacial score (nSPS) is 13.6. The van der Waals surface area contributed by atoms with Crippen LogP contribution in [0.15, 0.2) is 54.6 Å². The second kappa shape index (κ2) is 25.5. The minimum atomic E-state index is -0.703. The molecule has 17 heteroatoms. The van der Waals surface area contributed by atoms with Gasteiger partial charge in [-0.1, -0.05) is 69.7 Å². The molecular weight excluding hydrogens is 706 g/mol. The minimum Gasteiger partial charge on any atom is -0.508 e. The van der Waals surface area contributed by atoms with Gasteiger partial charge >= 0.3 is 30.2 Å². The maximum atomic E-state index is 13.1. The van der Waals surface area contributed by atoms with Crippen molar-refractivity contribution in [2.24, 2.45) is 23.3 Å². The number of hydrogen-bond donors (Lipinski definition) is 12. The molecule has 0 aliphatic heterocycles. The Balaban J connectivity index is 1.90. The van der Waals surface area contributed by atoms with Gasteiger partial charge < -0.3 is 64.4 Å². The Bertz CT molecular complexity index is 1450. The molecular formula is C38H63N11O6. The summed E-state index contributed by atoms with van der Waals surface area (Å²) in [6.07, 6.45) is 3.38. The maximum Gasteiger partial charge on any atom is 0.315 e. The number of rotatable bonds is 23. The fraction of sp³-hybridized carbons (Fsp3) is 0.553. The zero-order valence-electron chi connectivity index (χ0n) is 32.6. The van der Waals surface area contributed by atoms with E-state index in [1.165, 1.54) is 17.7 Å². The Kier molecular flexibility index (Phi) is 21.2. The Morgan fingerprint density at radius 3 is 1.76 bits per heavy atom. The van der Waals surface area contributed by atoms with Crippen LogP contribution in [-0.4, -0.2) is 98.7 Å². The number of benzene rings is 2. The monoisotopic (exact) mass is 769 g/mol. The SMILES string of the molecule is CC(C)[C@@H](CNC(=O)N[C@H](CNC(=O)N[C@@H](C)CNC(N)=O)Cc1ccc(O)cc1)NC(=O)NC[C@H](CCCCN)NC(=O)NC[C@@H](C)Cc1ccccc1. The smallest absolute Gasteiger partial charge is 0.315 e. The number of phenols is 1. The predicted molar refractivity (Wildman–Crippen MR) is 213 cm³/mol. The highest BCUT2D eigenvalue weighted by molar-refractivity contribution is 5.77. The molecule has 0 aromatic heterocycles. The third-order valence-electron chi connectivity index (χ3n) is 8.72. The van der Waals surface area contributed by atoms with Crippen LogP contribution in [0.2, 0.25) is 0 Å². The number of phenolic OH excluding ortho intramolecular Hbond substituents is 1. The molecule has 306 valence electrons. The van der Waals surface area contributed by atoms with Gasteiger partial charge in [-0.15, -0.1) is 0 Å². The predicted octanol–water partition coefficient (Wildman–Crippen LogP) is 1.96. The first-order valence-electron chi connectivity index (χ1n) is 19.0. The van der Waals surface area contributed by atoms with E-state index in [1.807, 2.05) is 32.0 Å². The summed E-state index contributed by atoms with van der Waals surface area (Å²) in [7, 11) is 0. The summed E-state index contributed by atoms with van der Waals surface area (Å²) in [5.74, 6) is 0.289. The van der Waals surface area contributed by atoms with Crippen LogP contribution in [0, 0.1) is 11.8 Å². The Morgan fingerprint density at radius 1 is 0.600 bits per heavy atom. The highest BCUT2D eigenvalue weighted by Crippen LogP contribution is 2.12. The molecule has 0 heterocycles. The number of primary amides is 1. The molecule has 2 aromatic rings.